The zero-order valence-electron chi connectivity index (χ0n) is 30.3. The number of benzene rings is 9. The number of nitrogens with zero attached hydrogens (tertiary/aromatic N) is 3. The van der Waals surface area contributed by atoms with Gasteiger partial charge >= 0.3 is 0 Å². The topological polar surface area (TPSA) is 26.2 Å². The maximum absolute atomic E-state index is 6.45. The predicted molar refractivity (Wildman–Crippen MR) is 235 cm³/mol. The van der Waals surface area contributed by atoms with E-state index < -0.39 is 0 Å². The smallest absolute Gasteiger partial charge is 0.137 e. The summed E-state index contributed by atoms with van der Waals surface area (Å²) >= 11 is 0. The zero-order chi connectivity index (χ0) is 36.7. The molecule has 0 fully saturated rings. The maximum Gasteiger partial charge on any atom is 0.137 e. The van der Waals surface area contributed by atoms with Crippen LogP contribution < -0.4 is 4.90 Å². The van der Waals surface area contributed by atoms with Gasteiger partial charge in [0, 0.05) is 49.7 Å². The van der Waals surface area contributed by atoms with Gasteiger partial charge in [0.05, 0.1) is 33.1 Å². The molecule has 262 valence electrons. The van der Waals surface area contributed by atoms with Gasteiger partial charge in [-0.05, 0) is 102 Å². The number of rotatable bonds is 5. The van der Waals surface area contributed by atoms with Gasteiger partial charge in [0.1, 0.15) is 11.2 Å². The minimum Gasteiger partial charge on any atom is -0.456 e. The number of anilines is 3. The van der Waals surface area contributed by atoms with Crippen molar-refractivity contribution in [1.29, 1.82) is 0 Å². The zero-order valence-corrected chi connectivity index (χ0v) is 30.3. The largest absolute Gasteiger partial charge is 0.456 e. The minimum absolute atomic E-state index is 0.863. The Bertz CT molecular complexity index is 3480. The van der Waals surface area contributed by atoms with Crippen LogP contribution in [0, 0.1) is 0 Å². The Morgan fingerprint density at radius 3 is 1.66 bits per heavy atom. The molecular formula is C52H33N3O. The Hall–Kier alpha value is -7.56. The molecule has 0 atom stereocenters. The third-order valence-electron chi connectivity index (χ3n) is 11.5. The molecule has 0 radical (unpaired) electrons. The highest BCUT2D eigenvalue weighted by Crippen LogP contribution is 2.45. The van der Waals surface area contributed by atoms with Crippen molar-refractivity contribution in [2.75, 3.05) is 4.90 Å². The second-order valence-electron chi connectivity index (χ2n) is 14.6. The predicted octanol–water partition coefficient (Wildman–Crippen LogP) is 14.4. The summed E-state index contributed by atoms with van der Waals surface area (Å²) in [5, 5.41) is 9.62. The average molecular weight is 716 g/mol. The molecule has 12 rings (SSSR count). The lowest BCUT2D eigenvalue weighted by atomic mass is 10.1. The highest BCUT2D eigenvalue weighted by atomic mass is 16.3. The van der Waals surface area contributed by atoms with E-state index in [0.29, 0.717) is 0 Å². The van der Waals surface area contributed by atoms with Crippen molar-refractivity contribution in [3.8, 4) is 11.4 Å². The molecule has 0 saturated heterocycles. The van der Waals surface area contributed by atoms with Crippen LogP contribution in [-0.2, 0) is 0 Å². The first-order chi connectivity index (χ1) is 27.8. The molecule has 4 nitrogen and oxygen atoms in total. The average Bonchev–Trinajstić information content (AvgIpc) is 3.91. The molecule has 0 unspecified atom stereocenters. The quantitative estimate of drug-likeness (QED) is 0.177. The van der Waals surface area contributed by atoms with Crippen LogP contribution >= 0.6 is 0 Å². The number of hydrogen-bond acceptors (Lipinski definition) is 2. The third kappa shape index (κ3) is 4.53. The lowest BCUT2D eigenvalue weighted by molar-refractivity contribution is 0.669. The van der Waals surface area contributed by atoms with E-state index in [1.54, 1.807) is 0 Å². The molecule has 3 aromatic heterocycles. The van der Waals surface area contributed by atoms with Crippen LogP contribution in [0.4, 0.5) is 17.1 Å². The van der Waals surface area contributed by atoms with E-state index in [1.807, 2.05) is 6.07 Å². The Balaban J connectivity index is 1.10. The van der Waals surface area contributed by atoms with Crippen LogP contribution in [0.3, 0.4) is 0 Å². The van der Waals surface area contributed by atoms with E-state index in [4.69, 9.17) is 4.42 Å². The third-order valence-corrected chi connectivity index (χ3v) is 11.5. The lowest BCUT2D eigenvalue weighted by Gasteiger charge is -2.27. The van der Waals surface area contributed by atoms with Gasteiger partial charge in [-0.2, -0.15) is 0 Å². The first-order valence-corrected chi connectivity index (χ1v) is 19.1. The van der Waals surface area contributed by atoms with E-state index in [-0.39, 0.29) is 0 Å². The summed E-state index contributed by atoms with van der Waals surface area (Å²) in [5.74, 6) is 0. The first-order valence-electron chi connectivity index (χ1n) is 19.1. The highest BCUT2D eigenvalue weighted by Gasteiger charge is 2.22. The van der Waals surface area contributed by atoms with Crippen molar-refractivity contribution >= 4 is 93.4 Å². The van der Waals surface area contributed by atoms with Gasteiger partial charge in [0.2, 0.25) is 0 Å². The van der Waals surface area contributed by atoms with Gasteiger partial charge in [0.25, 0.3) is 0 Å². The van der Waals surface area contributed by atoms with Crippen LogP contribution in [0.25, 0.3) is 87.7 Å². The van der Waals surface area contributed by atoms with Gasteiger partial charge in [0.15, 0.2) is 0 Å². The standard InChI is InChI=1S/C52H33N3O/c1-2-15-36(16-3-1)54-45-20-9-6-17-40(45)42-30-29-39(33-49(42)54)53(47-22-12-24-51-52(47)43-19-8-11-23-50(43)56-51)37-25-27-38(28-26-37)55-46-21-10-7-18-41(46)44-31-34-13-4-5-14-35(34)32-48(44)55/h1-33H. The fourth-order valence-corrected chi connectivity index (χ4v) is 9.01. The lowest BCUT2D eigenvalue weighted by Crippen LogP contribution is -2.11. The van der Waals surface area contributed by atoms with Crippen molar-refractivity contribution < 1.29 is 4.42 Å². The van der Waals surface area contributed by atoms with Crippen LogP contribution in [0.2, 0.25) is 0 Å². The van der Waals surface area contributed by atoms with Gasteiger partial charge in [-0.25, -0.2) is 0 Å². The molecule has 4 heteroatoms. The molecule has 0 aliphatic carbocycles. The molecule has 12 aromatic rings. The monoisotopic (exact) mass is 715 g/mol. The van der Waals surface area contributed by atoms with E-state index in [0.717, 1.165) is 55.9 Å². The fraction of sp³-hybridized carbons (Fsp3) is 0. The summed E-state index contributed by atoms with van der Waals surface area (Å²) in [6, 6.07) is 72.0. The normalized spacial score (nSPS) is 11.9. The molecule has 3 heterocycles. The Labute approximate surface area is 322 Å². The molecule has 0 aliphatic rings. The van der Waals surface area contributed by atoms with Crippen molar-refractivity contribution in [3.63, 3.8) is 0 Å². The van der Waals surface area contributed by atoms with Crippen LogP contribution in [0.5, 0.6) is 0 Å². The first kappa shape index (κ1) is 30.9. The van der Waals surface area contributed by atoms with Crippen molar-refractivity contribution in [2.45, 2.75) is 0 Å². The molecular weight excluding hydrogens is 683 g/mol. The van der Waals surface area contributed by atoms with Gasteiger partial charge in [-0.1, -0.05) is 109 Å². The van der Waals surface area contributed by atoms with Gasteiger partial charge < -0.3 is 18.5 Å². The summed E-state index contributed by atoms with van der Waals surface area (Å²) in [6.45, 7) is 0. The second-order valence-corrected chi connectivity index (χ2v) is 14.6. The molecule has 0 spiro atoms. The minimum atomic E-state index is 0.863. The Morgan fingerprint density at radius 2 is 0.893 bits per heavy atom. The van der Waals surface area contributed by atoms with E-state index in [2.05, 4.69) is 208 Å². The molecule has 0 saturated carbocycles. The van der Waals surface area contributed by atoms with Gasteiger partial charge in [-0.15, -0.1) is 0 Å². The van der Waals surface area contributed by atoms with Crippen molar-refractivity contribution in [2.24, 2.45) is 0 Å². The fourth-order valence-electron chi connectivity index (χ4n) is 9.01. The number of aromatic nitrogens is 2. The van der Waals surface area contributed by atoms with Gasteiger partial charge in [-0.3, -0.25) is 0 Å². The molecule has 9 aromatic carbocycles. The molecule has 0 aliphatic heterocycles. The van der Waals surface area contributed by atoms with Crippen LogP contribution in [0.15, 0.2) is 205 Å². The number of hydrogen-bond donors (Lipinski definition) is 0. The van der Waals surface area contributed by atoms with Crippen LogP contribution in [-0.4, -0.2) is 9.13 Å². The molecule has 0 bridgehead atoms. The second kappa shape index (κ2) is 12.0. The van der Waals surface area contributed by atoms with E-state index in [1.165, 1.54) is 48.9 Å². The van der Waals surface area contributed by atoms with Crippen molar-refractivity contribution in [3.05, 3.63) is 200 Å². The molecule has 0 N–H and O–H groups in total. The highest BCUT2D eigenvalue weighted by molar-refractivity contribution is 6.16. The maximum atomic E-state index is 6.45. The summed E-state index contributed by atoms with van der Waals surface area (Å²) < 4.78 is 11.2. The van der Waals surface area contributed by atoms with Crippen molar-refractivity contribution in [1.82, 2.24) is 9.13 Å². The Morgan fingerprint density at radius 1 is 0.339 bits per heavy atom. The summed E-state index contributed by atoms with van der Waals surface area (Å²) in [4.78, 5) is 2.39. The SMILES string of the molecule is c1ccc(-n2c3ccccc3c3ccc(N(c4ccc(-n5c6ccccc6c6cc7ccccc7cc65)cc4)c4cccc5oc6ccccc6c45)cc32)cc1. The van der Waals surface area contributed by atoms with E-state index in [9.17, 15) is 0 Å². The molecule has 0 amide bonds. The van der Waals surface area contributed by atoms with Crippen LogP contribution in [0.1, 0.15) is 0 Å². The summed E-state index contributed by atoms with van der Waals surface area (Å²) in [6.07, 6.45) is 0. The number of para-hydroxylation sites is 4. The Kier molecular flexibility index (Phi) is 6.60. The number of furan rings is 1. The summed E-state index contributed by atoms with van der Waals surface area (Å²) in [5.41, 5.74) is 11.9. The van der Waals surface area contributed by atoms with E-state index >= 15 is 0 Å². The molecule has 56 heavy (non-hydrogen) atoms. The number of fused-ring (bicyclic) bond motifs is 10. The summed E-state index contributed by atoms with van der Waals surface area (Å²) in [7, 11) is 0.